The molecule has 2 N–H and O–H groups in total. The molecule has 0 fully saturated rings. The number of rotatable bonds is 7. The molecule has 0 spiro atoms. The van der Waals surface area contributed by atoms with Crippen LogP contribution in [0.2, 0.25) is 0 Å². The van der Waals surface area contributed by atoms with E-state index in [1.165, 1.54) is 6.33 Å². The van der Waals surface area contributed by atoms with E-state index in [-0.39, 0.29) is 12.1 Å². The number of methoxy groups -OCH3 is 1. The van der Waals surface area contributed by atoms with Gasteiger partial charge in [-0.25, -0.2) is 4.98 Å². The van der Waals surface area contributed by atoms with Gasteiger partial charge < -0.3 is 10.1 Å². The lowest BCUT2D eigenvalue weighted by Crippen LogP contribution is -2.27. The van der Waals surface area contributed by atoms with Crippen molar-refractivity contribution >= 4 is 0 Å². The minimum Gasteiger partial charge on any atom is -0.493 e. The largest absolute Gasteiger partial charge is 0.493 e. The second-order valence-electron chi connectivity index (χ2n) is 4.89. The number of nitrogens with zero attached hydrogens (tertiary/aromatic N) is 4. The molecule has 0 saturated carbocycles. The molecule has 2 aromatic rings. The van der Waals surface area contributed by atoms with Gasteiger partial charge in [-0.2, -0.15) is 10.2 Å². The highest BCUT2D eigenvalue weighted by molar-refractivity contribution is 5.32. The fourth-order valence-electron chi connectivity index (χ4n) is 2.16. The summed E-state index contributed by atoms with van der Waals surface area (Å²) in [6.45, 7) is 7.18. The Morgan fingerprint density at radius 3 is 2.80 bits per heavy atom. The molecule has 7 nitrogen and oxygen atoms in total. The summed E-state index contributed by atoms with van der Waals surface area (Å²) in [6.07, 6.45) is 4.29. The lowest BCUT2D eigenvalue weighted by atomic mass is 10.1. The smallest absolute Gasteiger partial charge is 0.162 e. The van der Waals surface area contributed by atoms with E-state index < -0.39 is 0 Å². The van der Waals surface area contributed by atoms with Crippen molar-refractivity contribution in [3.05, 3.63) is 24.0 Å². The van der Waals surface area contributed by atoms with Gasteiger partial charge in [0.05, 0.1) is 13.3 Å². The number of nitrogens with one attached hydrogen (secondary N) is 2. The SMILES string of the molecule is CCCNC(c1ncn[nH]1)c1c(OC)cnn1C(C)C. The summed E-state index contributed by atoms with van der Waals surface area (Å²) < 4.78 is 7.40. The summed E-state index contributed by atoms with van der Waals surface area (Å²) >= 11 is 0. The summed E-state index contributed by atoms with van der Waals surface area (Å²) in [5.74, 6) is 1.52. The van der Waals surface area contributed by atoms with Crippen LogP contribution in [-0.2, 0) is 0 Å². The first-order valence-corrected chi connectivity index (χ1v) is 6.89. The van der Waals surface area contributed by atoms with Crippen LogP contribution >= 0.6 is 0 Å². The molecule has 0 radical (unpaired) electrons. The normalized spacial score (nSPS) is 12.8. The van der Waals surface area contributed by atoms with Crippen molar-refractivity contribution in [2.45, 2.75) is 39.3 Å². The first-order chi connectivity index (χ1) is 9.69. The van der Waals surface area contributed by atoms with Gasteiger partial charge in [0, 0.05) is 6.04 Å². The van der Waals surface area contributed by atoms with E-state index in [0.717, 1.165) is 30.2 Å². The molecule has 0 amide bonds. The topological polar surface area (TPSA) is 80.7 Å². The minimum absolute atomic E-state index is 0.114. The van der Waals surface area contributed by atoms with Crippen molar-refractivity contribution in [3.63, 3.8) is 0 Å². The Morgan fingerprint density at radius 2 is 2.25 bits per heavy atom. The standard InChI is InChI=1S/C13H22N6O/c1-5-6-14-11(13-15-8-16-18-13)12-10(20-4)7-17-19(12)9(2)3/h7-9,11,14H,5-6H2,1-4H3,(H,15,16,18). The van der Waals surface area contributed by atoms with Gasteiger partial charge in [-0.15, -0.1) is 0 Å². The van der Waals surface area contributed by atoms with Crippen molar-refractivity contribution in [1.29, 1.82) is 0 Å². The molecule has 2 rings (SSSR count). The molecular formula is C13H22N6O. The van der Waals surface area contributed by atoms with Crippen LogP contribution in [-0.4, -0.2) is 38.6 Å². The number of hydrogen-bond acceptors (Lipinski definition) is 5. The van der Waals surface area contributed by atoms with Gasteiger partial charge in [-0.3, -0.25) is 9.78 Å². The molecule has 0 saturated heterocycles. The maximum Gasteiger partial charge on any atom is 0.162 e. The Morgan fingerprint density at radius 1 is 1.45 bits per heavy atom. The van der Waals surface area contributed by atoms with Gasteiger partial charge in [0.2, 0.25) is 0 Å². The molecule has 20 heavy (non-hydrogen) atoms. The van der Waals surface area contributed by atoms with Crippen LogP contribution in [0.5, 0.6) is 5.75 Å². The highest BCUT2D eigenvalue weighted by Crippen LogP contribution is 2.30. The Balaban J connectivity index is 2.44. The molecule has 0 aliphatic carbocycles. The first-order valence-electron chi connectivity index (χ1n) is 6.89. The zero-order chi connectivity index (χ0) is 14.5. The van der Waals surface area contributed by atoms with Crippen molar-refractivity contribution in [3.8, 4) is 5.75 Å². The molecule has 0 aliphatic rings. The minimum atomic E-state index is -0.114. The van der Waals surface area contributed by atoms with Crippen LogP contribution in [0.25, 0.3) is 0 Å². The van der Waals surface area contributed by atoms with E-state index in [1.54, 1.807) is 13.3 Å². The second-order valence-corrected chi connectivity index (χ2v) is 4.89. The molecule has 110 valence electrons. The molecular weight excluding hydrogens is 256 g/mol. The van der Waals surface area contributed by atoms with Crippen molar-refractivity contribution in [2.24, 2.45) is 0 Å². The molecule has 0 bridgehead atoms. The second kappa shape index (κ2) is 6.51. The van der Waals surface area contributed by atoms with Gasteiger partial charge in [-0.05, 0) is 26.8 Å². The number of aromatic amines is 1. The van der Waals surface area contributed by atoms with Crippen molar-refractivity contribution < 1.29 is 4.74 Å². The first kappa shape index (κ1) is 14.5. The average Bonchev–Trinajstić information content (AvgIpc) is 3.08. The predicted molar refractivity (Wildman–Crippen MR) is 75.7 cm³/mol. The molecule has 1 atom stereocenters. The Kier molecular flexibility index (Phi) is 4.73. The van der Waals surface area contributed by atoms with Crippen LogP contribution in [0.1, 0.15) is 50.8 Å². The Labute approximate surface area is 118 Å². The zero-order valence-corrected chi connectivity index (χ0v) is 12.4. The fraction of sp³-hybridized carbons (Fsp3) is 0.615. The predicted octanol–water partition coefficient (Wildman–Crippen LogP) is 1.68. The third-order valence-corrected chi connectivity index (χ3v) is 3.09. The summed E-state index contributed by atoms with van der Waals surface area (Å²) in [5.41, 5.74) is 0.965. The van der Waals surface area contributed by atoms with Crippen LogP contribution in [0.15, 0.2) is 12.5 Å². The van der Waals surface area contributed by atoms with Gasteiger partial charge in [-0.1, -0.05) is 6.92 Å². The fourth-order valence-corrected chi connectivity index (χ4v) is 2.16. The molecule has 0 aliphatic heterocycles. The summed E-state index contributed by atoms with van der Waals surface area (Å²) in [7, 11) is 1.66. The third kappa shape index (κ3) is 2.82. The molecule has 0 aromatic carbocycles. The number of aromatic nitrogens is 5. The lowest BCUT2D eigenvalue weighted by molar-refractivity contribution is 0.391. The van der Waals surface area contributed by atoms with E-state index in [4.69, 9.17) is 4.74 Å². The highest BCUT2D eigenvalue weighted by atomic mass is 16.5. The maximum atomic E-state index is 5.45. The van der Waals surface area contributed by atoms with E-state index in [2.05, 4.69) is 46.4 Å². The molecule has 2 aromatic heterocycles. The quantitative estimate of drug-likeness (QED) is 0.805. The van der Waals surface area contributed by atoms with E-state index in [1.807, 2.05) is 4.68 Å². The van der Waals surface area contributed by atoms with Gasteiger partial charge in [0.15, 0.2) is 5.75 Å². The van der Waals surface area contributed by atoms with Crippen LogP contribution in [0.4, 0.5) is 0 Å². The summed E-state index contributed by atoms with van der Waals surface area (Å²) in [6, 6.07) is 0.125. The van der Waals surface area contributed by atoms with E-state index >= 15 is 0 Å². The van der Waals surface area contributed by atoms with Crippen molar-refractivity contribution in [1.82, 2.24) is 30.3 Å². The van der Waals surface area contributed by atoms with Gasteiger partial charge in [0.25, 0.3) is 0 Å². The maximum absolute atomic E-state index is 5.45. The molecule has 2 heterocycles. The van der Waals surface area contributed by atoms with Crippen LogP contribution in [0, 0.1) is 0 Å². The number of ether oxygens (including phenoxy) is 1. The van der Waals surface area contributed by atoms with E-state index in [9.17, 15) is 0 Å². The Bertz CT molecular complexity index is 519. The summed E-state index contributed by atoms with van der Waals surface area (Å²) in [5, 5.41) is 14.8. The average molecular weight is 278 g/mol. The van der Waals surface area contributed by atoms with Crippen LogP contribution < -0.4 is 10.1 Å². The Hall–Kier alpha value is -1.89. The van der Waals surface area contributed by atoms with Crippen molar-refractivity contribution in [2.75, 3.05) is 13.7 Å². The number of H-pyrrole nitrogens is 1. The monoisotopic (exact) mass is 278 g/mol. The molecule has 7 heteroatoms. The summed E-state index contributed by atoms with van der Waals surface area (Å²) in [4.78, 5) is 4.28. The zero-order valence-electron chi connectivity index (χ0n) is 12.4. The molecule has 1 unspecified atom stereocenters. The van der Waals surface area contributed by atoms with Crippen LogP contribution in [0.3, 0.4) is 0 Å². The highest BCUT2D eigenvalue weighted by Gasteiger charge is 2.26. The van der Waals surface area contributed by atoms with Gasteiger partial charge in [0.1, 0.15) is 23.9 Å². The van der Waals surface area contributed by atoms with E-state index in [0.29, 0.717) is 0 Å². The number of hydrogen-bond donors (Lipinski definition) is 2. The third-order valence-electron chi connectivity index (χ3n) is 3.09. The lowest BCUT2D eigenvalue weighted by Gasteiger charge is -2.20. The van der Waals surface area contributed by atoms with Gasteiger partial charge >= 0.3 is 0 Å².